The minimum atomic E-state index is -0.527. The summed E-state index contributed by atoms with van der Waals surface area (Å²) in [6.07, 6.45) is 4.38. The molecule has 4 rings (SSSR count). The molecule has 1 fully saturated rings. The zero-order valence-corrected chi connectivity index (χ0v) is 18.1. The predicted molar refractivity (Wildman–Crippen MR) is 118 cm³/mol. The first-order chi connectivity index (χ1) is 14.5. The molecule has 0 amide bonds. The van der Waals surface area contributed by atoms with Crippen molar-refractivity contribution in [3.05, 3.63) is 54.5 Å². The molecular weight excluding hydrogens is 403 g/mol. The molecular formula is C21H29N4O4P. The Balaban J connectivity index is 0.000000199. The van der Waals surface area contributed by atoms with Gasteiger partial charge in [-0.1, -0.05) is 37.3 Å². The number of anilines is 1. The Hall–Kier alpha value is -2.09. The first kappa shape index (κ1) is 22.6. The summed E-state index contributed by atoms with van der Waals surface area (Å²) < 4.78 is 13.1. The molecule has 1 aliphatic heterocycles. The van der Waals surface area contributed by atoms with Crippen molar-refractivity contribution in [1.29, 1.82) is 0 Å². The molecule has 1 saturated heterocycles. The fourth-order valence-electron chi connectivity index (χ4n) is 3.63. The fraction of sp³-hybridized carbons (Fsp3) is 0.429. The molecule has 9 heteroatoms. The highest BCUT2D eigenvalue weighted by Gasteiger charge is 2.34. The lowest BCUT2D eigenvalue weighted by Gasteiger charge is -2.18. The van der Waals surface area contributed by atoms with Gasteiger partial charge in [0.2, 0.25) is 0 Å². The molecule has 3 heterocycles. The average Bonchev–Trinajstić information content (AvgIpc) is 3.33. The summed E-state index contributed by atoms with van der Waals surface area (Å²) in [5.41, 5.74) is 7.53. The molecule has 8 nitrogen and oxygen atoms in total. The maximum absolute atomic E-state index is 9.36. The number of hydrogen-bond acceptors (Lipinski definition) is 7. The van der Waals surface area contributed by atoms with Gasteiger partial charge in [-0.2, -0.15) is 0 Å². The second-order valence-electron chi connectivity index (χ2n) is 7.35. The van der Waals surface area contributed by atoms with Crippen LogP contribution in [0.5, 0.6) is 0 Å². The average molecular weight is 432 g/mol. The molecule has 3 aromatic rings. The molecule has 2 aromatic heterocycles. The summed E-state index contributed by atoms with van der Waals surface area (Å²) in [6.45, 7) is 2.78. The Morgan fingerprint density at radius 1 is 1.30 bits per heavy atom. The van der Waals surface area contributed by atoms with Crippen LogP contribution in [0, 0.1) is 5.92 Å². The van der Waals surface area contributed by atoms with E-state index in [1.807, 2.05) is 47.2 Å². The maximum atomic E-state index is 9.36. The van der Waals surface area contributed by atoms with Gasteiger partial charge in [0.1, 0.15) is 24.0 Å². The van der Waals surface area contributed by atoms with E-state index in [1.54, 1.807) is 0 Å². The fourth-order valence-corrected chi connectivity index (χ4v) is 3.85. The molecule has 0 saturated carbocycles. The number of benzene rings is 1. The van der Waals surface area contributed by atoms with Crippen molar-refractivity contribution in [2.75, 3.05) is 18.9 Å². The van der Waals surface area contributed by atoms with Crippen LogP contribution in [0.15, 0.2) is 48.9 Å². The highest BCUT2D eigenvalue weighted by Crippen LogP contribution is 2.36. The summed E-state index contributed by atoms with van der Waals surface area (Å²) in [4.78, 5) is 8.31. The van der Waals surface area contributed by atoms with Gasteiger partial charge in [-0.15, -0.1) is 0 Å². The Morgan fingerprint density at radius 2 is 2.07 bits per heavy atom. The summed E-state index contributed by atoms with van der Waals surface area (Å²) in [6, 6.07) is 11.3. The highest BCUT2D eigenvalue weighted by molar-refractivity contribution is 7.09. The maximum Gasteiger partial charge on any atom is 0.147 e. The third-order valence-corrected chi connectivity index (χ3v) is 5.33. The summed E-state index contributed by atoms with van der Waals surface area (Å²) in [5, 5.41) is 18.8. The van der Waals surface area contributed by atoms with Crippen molar-refractivity contribution in [2.24, 2.45) is 5.92 Å². The molecule has 0 spiro atoms. The van der Waals surface area contributed by atoms with Gasteiger partial charge in [0, 0.05) is 34.6 Å². The third kappa shape index (κ3) is 5.33. The van der Waals surface area contributed by atoms with Crippen LogP contribution < -0.4 is 5.73 Å². The van der Waals surface area contributed by atoms with Crippen molar-refractivity contribution in [3.8, 4) is 0 Å². The van der Waals surface area contributed by atoms with Crippen LogP contribution in [0.3, 0.4) is 0 Å². The minimum Gasteiger partial charge on any atom is -0.396 e. The van der Waals surface area contributed by atoms with E-state index in [4.69, 9.17) is 20.1 Å². The molecule has 5 unspecified atom stereocenters. The predicted octanol–water partition coefficient (Wildman–Crippen LogP) is 2.85. The van der Waals surface area contributed by atoms with Crippen molar-refractivity contribution in [2.45, 2.75) is 38.2 Å². The van der Waals surface area contributed by atoms with Crippen LogP contribution in [0.25, 0.3) is 11.0 Å². The largest absolute Gasteiger partial charge is 0.396 e. The van der Waals surface area contributed by atoms with E-state index in [2.05, 4.69) is 26.4 Å². The van der Waals surface area contributed by atoms with E-state index in [-0.39, 0.29) is 18.9 Å². The molecule has 30 heavy (non-hydrogen) atoms. The number of nitrogen functional groups attached to an aromatic ring is 1. The van der Waals surface area contributed by atoms with Crippen LogP contribution in [-0.2, 0) is 9.26 Å². The molecule has 4 N–H and O–H groups in total. The van der Waals surface area contributed by atoms with Crippen molar-refractivity contribution in [3.63, 3.8) is 0 Å². The number of fused-ring (bicyclic) bond motifs is 1. The number of hydrogen-bond donors (Lipinski definition) is 3. The van der Waals surface area contributed by atoms with Gasteiger partial charge in [-0.25, -0.2) is 9.97 Å². The molecule has 0 radical (unpaired) electrons. The van der Waals surface area contributed by atoms with Crippen LogP contribution >= 0.6 is 9.47 Å². The highest BCUT2D eigenvalue weighted by atomic mass is 31.0. The monoisotopic (exact) mass is 432 g/mol. The van der Waals surface area contributed by atoms with Gasteiger partial charge < -0.3 is 29.8 Å². The lowest BCUT2D eigenvalue weighted by Crippen LogP contribution is -2.15. The van der Waals surface area contributed by atoms with Gasteiger partial charge in [0.15, 0.2) is 0 Å². The topological polar surface area (TPSA) is 116 Å². The second-order valence-corrected chi connectivity index (χ2v) is 7.69. The Kier molecular flexibility index (Phi) is 8.13. The zero-order chi connectivity index (χ0) is 21.5. The molecule has 5 atom stereocenters. The van der Waals surface area contributed by atoms with Gasteiger partial charge in [0.05, 0.1) is 24.2 Å². The molecule has 0 aliphatic carbocycles. The lowest BCUT2D eigenvalue weighted by molar-refractivity contribution is -0.0225. The van der Waals surface area contributed by atoms with Crippen molar-refractivity contribution < 1.29 is 19.5 Å². The van der Waals surface area contributed by atoms with Crippen LogP contribution in [0.4, 0.5) is 5.82 Å². The first-order valence-electron chi connectivity index (χ1n) is 9.93. The molecule has 0 bridgehead atoms. The van der Waals surface area contributed by atoms with E-state index in [9.17, 15) is 5.11 Å². The number of aliphatic hydroxyl groups excluding tert-OH is 2. The lowest BCUT2D eigenvalue weighted by atomic mass is 10.1. The normalized spacial score (nSPS) is 21.9. The number of rotatable bonds is 6. The Morgan fingerprint density at radius 3 is 2.77 bits per heavy atom. The number of aliphatic hydroxyl groups is 2. The summed E-state index contributed by atoms with van der Waals surface area (Å²) in [7, 11) is 2.26. The quantitative estimate of drug-likeness (QED) is 0.513. The number of nitrogens with zero attached hydrogens (tertiary/aromatic N) is 3. The number of aromatic nitrogens is 3. The molecule has 1 aromatic carbocycles. The van der Waals surface area contributed by atoms with Crippen LogP contribution in [0.1, 0.15) is 37.7 Å². The summed E-state index contributed by atoms with van der Waals surface area (Å²) in [5.74, 6) is 0.899. The SMILES string of the molecule is CC1CC(COP)OC1n1ccc2c(N)ncnc21.OCCC(O)c1ccccc1. The van der Waals surface area contributed by atoms with E-state index in [1.165, 1.54) is 6.33 Å². The zero-order valence-electron chi connectivity index (χ0n) is 17.0. The van der Waals surface area contributed by atoms with Gasteiger partial charge >= 0.3 is 0 Å². The van der Waals surface area contributed by atoms with Crippen LogP contribution in [-0.4, -0.2) is 44.1 Å². The van der Waals surface area contributed by atoms with Crippen molar-refractivity contribution >= 4 is 26.3 Å². The van der Waals surface area contributed by atoms with E-state index in [0.29, 0.717) is 24.8 Å². The minimum absolute atomic E-state index is 0.0239. The Labute approximate surface area is 178 Å². The van der Waals surface area contributed by atoms with Crippen LogP contribution in [0.2, 0.25) is 0 Å². The summed E-state index contributed by atoms with van der Waals surface area (Å²) >= 11 is 0. The standard InChI is InChI=1S/C12H17N4O2P.C9H12O2/c1-7-4-8(5-17-19)18-12(7)16-3-2-9-10(13)14-6-15-11(9)16;10-7-6-9(11)8-4-2-1-3-5-8/h2-3,6-8,12H,4-5,19H2,1H3,(H2,13,14,15);1-5,9-11H,6-7H2. The third-order valence-electron chi connectivity index (χ3n) is 5.14. The van der Waals surface area contributed by atoms with Gasteiger partial charge in [-0.3, -0.25) is 0 Å². The van der Waals surface area contributed by atoms with E-state index < -0.39 is 6.10 Å². The smallest absolute Gasteiger partial charge is 0.147 e. The first-order valence-corrected chi connectivity index (χ1v) is 10.4. The molecule has 162 valence electrons. The van der Waals surface area contributed by atoms with E-state index >= 15 is 0 Å². The molecule has 1 aliphatic rings. The van der Waals surface area contributed by atoms with Crippen molar-refractivity contribution in [1.82, 2.24) is 14.5 Å². The number of ether oxygens (including phenoxy) is 1. The van der Waals surface area contributed by atoms with Gasteiger partial charge in [-0.05, 0) is 18.1 Å². The Bertz CT molecular complexity index is 924. The number of nitrogens with two attached hydrogens (primary N) is 1. The van der Waals surface area contributed by atoms with E-state index in [0.717, 1.165) is 23.0 Å². The van der Waals surface area contributed by atoms with Gasteiger partial charge in [0.25, 0.3) is 0 Å². The second kappa shape index (κ2) is 10.8.